The average Bonchev–Trinajstić information content (AvgIpc) is 3.09. The molecule has 27 heavy (non-hydrogen) atoms. The van der Waals surface area contributed by atoms with Crippen LogP contribution in [0.2, 0.25) is 0 Å². The van der Waals surface area contributed by atoms with Crippen LogP contribution in [0.3, 0.4) is 0 Å². The van der Waals surface area contributed by atoms with Gasteiger partial charge in [0.25, 0.3) is 0 Å². The van der Waals surface area contributed by atoms with E-state index in [9.17, 15) is 4.79 Å². The van der Waals surface area contributed by atoms with Crippen molar-refractivity contribution >= 4 is 11.9 Å². The zero-order chi connectivity index (χ0) is 19.8. The third-order valence-electron chi connectivity index (χ3n) is 4.64. The first kappa shape index (κ1) is 21.1. The van der Waals surface area contributed by atoms with Crippen LogP contribution < -0.4 is 15.4 Å². The summed E-state index contributed by atoms with van der Waals surface area (Å²) in [6.07, 6.45) is 0.949. The molecule has 0 bridgehead atoms. The minimum absolute atomic E-state index is 0.0496. The highest BCUT2D eigenvalue weighted by atomic mass is 16.5. The summed E-state index contributed by atoms with van der Waals surface area (Å²) in [5.74, 6) is 2.00. The molecule has 2 N–H and O–H groups in total. The van der Waals surface area contributed by atoms with Gasteiger partial charge in [0, 0.05) is 31.6 Å². The Morgan fingerprint density at radius 2 is 2.15 bits per heavy atom. The van der Waals surface area contributed by atoms with Gasteiger partial charge in [0.2, 0.25) is 5.91 Å². The minimum atomic E-state index is 0.0496. The third kappa shape index (κ3) is 6.15. The van der Waals surface area contributed by atoms with Crippen molar-refractivity contribution in [2.24, 2.45) is 10.9 Å². The lowest BCUT2D eigenvalue weighted by atomic mass is 10.1. The molecule has 2 rings (SSSR count). The van der Waals surface area contributed by atoms with E-state index in [4.69, 9.17) is 9.73 Å². The Morgan fingerprint density at radius 1 is 1.37 bits per heavy atom. The predicted molar refractivity (Wildman–Crippen MR) is 110 cm³/mol. The number of ether oxygens (including phenoxy) is 1. The smallest absolute Gasteiger partial charge is 0.225 e. The van der Waals surface area contributed by atoms with Gasteiger partial charge in [0.1, 0.15) is 5.75 Å². The van der Waals surface area contributed by atoms with E-state index in [-0.39, 0.29) is 17.9 Å². The van der Waals surface area contributed by atoms with E-state index in [1.54, 1.807) is 0 Å². The van der Waals surface area contributed by atoms with E-state index in [2.05, 4.69) is 36.6 Å². The fourth-order valence-corrected chi connectivity index (χ4v) is 3.25. The Balaban J connectivity index is 1.96. The van der Waals surface area contributed by atoms with Gasteiger partial charge in [-0.1, -0.05) is 26.0 Å². The summed E-state index contributed by atoms with van der Waals surface area (Å²) in [7, 11) is 0. The molecule has 1 fully saturated rings. The molecule has 0 spiro atoms. The molecule has 1 aliphatic heterocycles. The van der Waals surface area contributed by atoms with Crippen molar-refractivity contribution in [1.82, 2.24) is 15.5 Å². The SMILES string of the molecule is CCNC(=NCc1ccc(OCC)c(C)c1)NC1CCN(C(=O)C(C)C)C1. The molecule has 1 saturated heterocycles. The quantitative estimate of drug-likeness (QED) is 0.569. The molecule has 0 radical (unpaired) electrons. The van der Waals surface area contributed by atoms with Gasteiger partial charge >= 0.3 is 0 Å². The van der Waals surface area contributed by atoms with Crippen LogP contribution in [0.1, 0.15) is 45.2 Å². The summed E-state index contributed by atoms with van der Waals surface area (Å²) in [6, 6.07) is 6.43. The van der Waals surface area contributed by atoms with Gasteiger partial charge in [0.15, 0.2) is 5.96 Å². The Kier molecular flexibility index (Phi) is 7.95. The van der Waals surface area contributed by atoms with Gasteiger partial charge in [-0.2, -0.15) is 0 Å². The minimum Gasteiger partial charge on any atom is -0.494 e. The predicted octanol–water partition coefficient (Wildman–Crippen LogP) is 2.71. The van der Waals surface area contributed by atoms with Crippen LogP contribution in [0.15, 0.2) is 23.2 Å². The van der Waals surface area contributed by atoms with Crippen LogP contribution in [-0.2, 0) is 11.3 Å². The average molecular weight is 375 g/mol. The van der Waals surface area contributed by atoms with E-state index >= 15 is 0 Å². The van der Waals surface area contributed by atoms with Crippen molar-refractivity contribution in [3.05, 3.63) is 29.3 Å². The molecule has 1 amide bonds. The number of carbonyl (C=O) groups is 1. The maximum Gasteiger partial charge on any atom is 0.225 e. The van der Waals surface area contributed by atoms with Crippen LogP contribution in [0.4, 0.5) is 0 Å². The van der Waals surface area contributed by atoms with Gasteiger partial charge in [-0.3, -0.25) is 4.79 Å². The highest BCUT2D eigenvalue weighted by Gasteiger charge is 2.27. The molecule has 6 heteroatoms. The van der Waals surface area contributed by atoms with Crippen molar-refractivity contribution in [1.29, 1.82) is 0 Å². The molecule has 1 aromatic rings. The van der Waals surface area contributed by atoms with Crippen LogP contribution in [0, 0.1) is 12.8 Å². The van der Waals surface area contributed by atoms with Gasteiger partial charge < -0.3 is 20.3 Å². The first-order valence-electron chi connectivity index (χ1n) is 10.0. The number of amides is 1. The van der Waals surface area contributed by atoms with E-state index in [1.807, 2.05) is 31.7 Å². The van der Waals surface area contributed by atoms with Crippen molar-refractivity contribution in [3.63, 3.8) is 0 Å². The van der Waals surface area contributed by atoms with Gasteiger partial charge in [-0.15, -0.1) is 0 Å². The topological polar surface area (TPSA) is 66.0 Å². The first-order valence-corrected chi connectivity index (χ1v) is 10.0. The molecule has 6 nitrogen and oxygen atoms in total. The van der Waals surface area contributed by atoms with Gasteiger partial charge in [0.05, 0.1) is 13.2 Å². The number of aryl methyl sites for hydroxylation is 1. The zero-order valence-corrected chi connectivity index (χ0v) is 17.3. The monoisotopic (exact) mass is 374 g/mol. The largest absolute Gasteiger partial charge is 0.494 e. The lowest BCUT2D eigenvalue weighted by Gasteiger charge is -2.20. The van der Waals surface area contributed by atoms with Crippen LogP contribution in [0.25, 0.3) is 0 Å². The summed E-state index contributed by atoms with van der Waals surface area (Å²) in [5.41, 5.74) is 2.28. The summed E-state index contributed by atoms with van der Waals surface area (Å²) >= 11 is 0. The molecule has 0 aliphatic carbocycles. The normalized spacial score (nSPS) is 17.3. The number of hydrogen-bond acceptors (Lipinski definition) is 3. The molecule has 0 aromatic heterocycles. The number of nitrogens with one attached hydrogen (secondary N) is 2. The number of rotatable bonds is 7. The zero-order valence-electron chi connectivity index (χ0n) is 17.3. The molecule has 1 aromatic carbocycles. The summed E-state index contributed by atoms with van der Waals surface area (Å²) < 4.78 is 5.60. The second-order valence-corrected chi connectivity index (χ2v) is 7.30. The van der Waals surface area contributed by atoms with Crippen LogP contribution >= 0.6 is 0 Å². The number of aliphatic imine (C=N–C) groups is 1. The number of benzene rings is 1. The molecule has 1 heterocycles. The number of guanidine groups is 1. The summed E-state index contributed by atoms with van der Waals surface area (Å²) in [6.45, 7) is 13.6. The lowest BCUT2D eigenvalue weighted by molar-refractivity contribution is -0.133. The molecule has 150 valence electrons. The highest BCUT2D eigenvalue weighted by molar-refractivity contribution is 5.81. The Labute approximate surface area is 163 Å². The lowest BCUT2D eigenvalue weighted by Crippen LogP contribution is -2.45. The number of carbonyl (C=O) groups excluding carboxylic acids is 1. The molecular weight excluding hydrogens is 340 g/mol. The van der Waals surface area contributed by atoms with Crippen molar-refractivity contribution in [2.75, 3.05) is 26.2 Å². The molecule has 1 atom stereocenters. The van der Waals surface area contributed by atoms with Crippen LogP contribution in [0.5, 0.6) is 5.75 Å². The Hall–Kier alpha value is -2.24. The van der Waals surface area contributed by atoms with Crippen LogP contribution in [-0.4, -0.2) is 49.0 Å². The van der Waals surface area contributed by atoms with E-state index in [0.717, 1.165) is 48.9 Å². The van der Waals surface area contributed by atoms with Crippen molar-refractivity contribution < 1.29 is 9.53 Å². The fourth-order valence-electron chi connectivity index (χ4n) is 3.25. The maximum absolute atomic E-state index is 12.2. The van der Waals surface area contributed by atoms with Crippen molar-refractivity contribution in [3.8, 4) is 5.75 Å². The molecule has 1 unspecified atom stereocenters. The fraction of sp³-hybridized carbons (Fsp3) is 0.619. The number of hydrogen-bond donors (Lipinski definition) is 2. The molecular formula is C21H34N4O2. The summed E-state index contributed by atoms with van der Waals surface area (Å²) in [4.78, 5) is 18.8. The third-order valence-corrected chi connectivity index (χ3v) is 4.64. The highest BCUT2D eigenvalue weighted by Crippen LogP contribution is 2.19. The molecule has 1 aliphatic rings. The van der Waals surface area contributed by atoms with E-state index in [1.165, 1.54) is 0 Å². The van der Waals surface area contributed by atoms with Crippen molar-refractivity contribution in [2.45, 2.75) is 53.6 Å². The van der Waals surface area contributed by atoms with E-state index in [0.29, 0.717) is 13.2 Å². The van der Waals surface area contributed by atoms with E-state index < -0.39 is 0 Å². The Morgan fingerprint density at radius 3 is 2.78 bits per heavy atom. The first-order chi connectivity index (χ1) is 12.9. The second kappa shape index (κ2) is 10.2. The second-order valence-electron chi connectivity index (χ2n) is 7.30. The maximum atomic E-state index is 12.2. The summed E-state index contributed by atoms with van der Waals surface area (Å²) in [5, 5.41) is 6.78. The van der Waals surface area contributed by atoms with Gasteiger partial charge in [-0.05, 0) is 44.4 Å². The van der Waals surface area contributed by atoms with Gasteiger partial charge in [-0.25, -0.2) is 4.99 Å². The number of nitrogens with zero attached hydrogens (tertiary/aromatic N) is 2. The molecule has 0 saturated carbocycles. The Bertz CT molecular complexity index is 658. The standard InChI is InChI=1S/C21H34N4O2/c1-6-22-21(24-18-10-11-25(14-18)20(26)15(3)4)23-13-17-8-9-19(27-7-2)16(5)12-17/h8-9,12,15,18H,6-7,10-11,13-14H2,1-5H3,(H2,22,23,24). The number of likely N-dealkylation sites (tertiary alicyclic amines) is 1.